The molecule has 0 aliphatic rings. The van der Waals surface area contributed by atoms with E-state index in [1.54, 1.807) is 6.07 Å². The van der Waals surface area contributed by atoms with Gasteiger partial charge < -0.3 is 10.0 Å². The zero-order valence-electron chi connectivity index (χ0n) is 13.0. The number of carboxylic acids is 1. The normalized spacial score (nSPS) is 12.6. The highest BCUT2D eigenvalue weighted by Gasteiger charge is 2.17. The van der Waals surface area contributed by atoms with Gasteiger partial charge in [-0.05, 0) is 31.4 Å². The van der Waals surface area contributed by atoms with Crippen LogP contribution in [0.3, 0.4) is 0 Å². The highest BCUT2D eigenvalue weighted by molar-refractivity contribution is 5.97. The molecule has 0 aliphatic heterocycles. The van der Waals surface area contributed by atoms with E-state index in [2.05, 4.69) is 30.7 Å². The summed E-state index contributed by atoms with van der Waals surface area (Å²) in [5.41, 5.74) is 1.73. The van der Waals surface area contributed by atoms with Crippen LogP contribution in [-0.2, 0) is 0 Å². The maximum Gasteiger partial charge on any atom is 0.354 e. The fourth-order valence-corrected chi connectivity index (χ4v) is 2.64. The number of carbonyl (C=O) groups is 1. The molecule has 4 nitrogen and oxygen atoms in total. The molecule has 0 fully saturated rings. The highest BCUT2D eigenvalue weighted by atomic mass is 16.4. The number of nitrogens with zero attached hydrogens (tertiary/aromatic N) is 2. The predicted octanol–water partition coefficient (Wildman–Crippen LogP) is 3.80. The minimum Gasteiger partial charge on any atom is -0.477 e. The summed E-state index contributed by atoms with van der Waals surface area (Å²) in [5.74, 6) is -0.401. The summed E-state index contributed by atoms with van der Waals surface area (Å²) in [5, 5.41) is 10.2. The van der Waals surface area contributed by atoms with Crippen LogP contribution in [0.25, 0.3) is 10.9 Å². The van der Waals surface area contributed by atoms with Crippen molar-refractivity contribution in [3.05, 3.63) is 36.0 Å². The average molecular weight is 286 g/mol. The highest BCUT2D eigenvalue weighted by Crippen LogP contribution is 2.28. The fourth-order valence-electron chi connectivity index (χ4n) is 2.64. The number of para-hydroxylation sites is 1. The van der Waals surface area contributed by atoms with E-state index in [-0.39, 0.29) is 5.69 Å². The predicted molar refractivity (Wildman–Crippen MR) is 86.0 cm³/mol. The summed E-state index contributed by atoms with van der Waals surface area (Å²) in [4.78, 5) is 17.6. The Hall–Kier alpha value is -2.10. The molecule has 2 aromatic rings. The Bertz CT molecular complexity index is 652. The van der Waals surface area contributed by atoms with Gasteiger partial charge in [0.25, 0.3) is 0 Å². The number of anilines is 1. The van der Waals surface area contributed by atoms with Crippen LogP contribution in [0, 0.1) is 5.92 Å². The van der Waals surface area contributed by atoms with Gasteiger partial charge in [-0.25, -0.2) is 9.78 Å². The van der Waals surface area contributed by atoms with Crippen LogP contribution in [0.15, 0.2) is 30.3 Å². The number of fused-ring (bicyclic) bond motifs is 1. The molecule has 0 saturated heterocycles. The van der Waals surface area contributed by atoms with Crippen LogP contribution in [0.2, 0.25) is 0 Å². The van der Waals surface area contributed by atoms with E-state index < -0.39 is 5.97 Å². The van der Waals surface area contributed by atoms with Gasteiger partial charge in [0.05, 0.1) is 5.52 Å². The Morgan fingerprint density at radius 2 is 1.95 bits per heavy atom. The molecule has 1 atom stereocenters. The molecule has 2 rings (SSSR count). The number of benzene rings is 1. The van der Waals surface area contributed by atoms with Crippen LogP contribution < -0.4 is 4.90 Å². The van der Waals surface area contributed by atoms with E-state index in [4.69, 9.17) is 0 Å². The number of hydrogen-bond acceptors (Lipinski definition) is 3. The summed E-state index contributed by atoms with van der Waals surface area (Å²) in [7, 11) is 2.01. The lowest BCUT2D eigenvalue weighted by Gasteiger charge is -2.29. The standard InChI is InChI=1S/C17H22N2O2/c1-11(2)9-12(3)19(4)16-10-15(17(20)21)18-14-8-6-5-7-13(14)16/h5-8,10-12H,9H2,1-4H3,(H,20,21). The summed E-state index contributed by atoms with van der Waals surface area (Å²) in [6, 6.07) is 9.67. The van der Waals surface area contributed by atoms with Gasteiger partial charge >= 0.3 is 5.97 Å². The number of rotatable bonds is 5. The lowest BCUT2D eigenvalue weighted by Crippen LogP contribution is -2.30. The van der Waals surface area contributed by atoms with Crippen molar-refractivity contribution in [2.24, 2.45) is 5.92 Å². The van der Waals surface area contributed by atoms with Crippen molar-refractivity contribution in [2.45, 2.75) is 33.2 Å². The Labute approximate surface area is 125 Å². The van der Waals surface area contributed by atoms with E-state index in [0.29, 0.717) is 12.0 Å². The first kappa shape index (κ1) is 15.3. The van der Waals surface area contributed by atoms with Crippen LogP contribution >= 0.6 is 0 Å². The van der Waals surface area contributed by atoms with Gasteiger partial charge in [0.1, 0.15) is 0 Å². The number of hydrogen-bond donors (Lipinski definition) is 1. The van der Waals surface area contributed by atoms with Crippen molar-refractivity contribution < 1.29 is 9.90 Å². The van der Waals surface area contributed by atoms with Gasteiger partial charge in [0, 0.05) is 24.2 Å². The van der Waals surface area contributed by atoms with Gasteiger partial charge in [0.15, 0.2) is 5.69 Å². The minimum atomic E-state index is -0.994. The Morgan fingerprint density at radius 1 is 1.29 bits per heavy atom. The van der Waals surface area contributed by atoms with E-state index in [0.717, 1.165) is 23.0 Å². The Balaban J connectivity index is 2.52. The number of carboxylic acid groups (broad SMARTS) is 1. The fraction of sp³-hybridized carbons (Fsp3) is 0.412. The van der Waals surface area contributed by atoms with Crippen molar-refractivity contribution >= 4 is 22.6 Å². The van der Waals surface area contributed by atoms with Crippen molar-refractivity contribution in [1.82, 2.24) is 4.98 Å². The Kier molecular flexibility index (Phi) is 4.46. The molecule has 4 heteroatoms. The van der Waals surface area contributed by atoms with Crippen LogP contribution in [0.1, 0.15) is 37.7 Å². The zero-order chi connectivity index (χ0) is 15.6. The average Bonchev–Trinajstić information content (AvgIpc) is 2.44. The molecule has 1 unspecified atom stereocenters. The summed E-state index contributed by atoms with van der Waals surface area (Å²) >= 11 is 0. The molecule has 0 amide bonds. The number of aromatic carboxylic acids is 1. The molecule has 0 bridgehead atoms. The van der Waals surface area contributed by atoms with Crippen molar-refractivity contribution in [3.8, 4) is 0 Å². The largest absolute Gasteiger partial charge is 0.477 e. The third-order valence-corrected chi connectivity index (χ3v) is 3.77. The van der Waals surface area contributed by atoms with Gasteiger partial charge in [0.2, 0.25) is 0 Å². The molecule has 1 N–H and O–H groups in total. The molecule has 0 saturated carbocycles. The molecule has 0 radical (unpaired) electrons. The molecule has 0 aliphatic carbocycles. The third kappa shape index (κ3) is 3.32. The third-order valence-electron chi connectivity index (χ3n) is 3.77. The van der Waals surface area contributed by atoms with Gasteiger partial charge in [-0.1, -0.05) is 32.0 Å². The van der Waals surface area contributed by atoms with E-state index >= 15 is 0 Å². The smallest absolute Gasteiger partial charge is 0.354 e. The lowest BCUT2D eigenvalue weighted by atomic mass is 10.0. The topological polar surface area (TPSA) is 53.4 Å². The quantitative estimate of drug-likeness (QED) is 0.908. The molecule has 1 aromatic carbocycles. The van der Waals surface area contributed by atoms with Crippen LogP contribution in [0.4, 0.5) is 5.69 Å². The molecule has 21 heavy (non-hydrogen) atoms. The summed E-state index contributed by atoms with van der Waals surface area (Å²) in [6.45, 7) is 6.55. The van der Waals surface area contributed by atoms with Crippen LogP contribution in [-0.4, -0.2) is 29.1 Å². The maximum absolute atomic E-state index is 11.3. The van der Waals surface area contributed by atoms with Crippen LogP contribution in [0.5, 0.6) is 0 Å². The zero-order valence-corrected chi connectivity index (χ0v) is 13.0. The van der Waals surface area contributed by atoms with E-state index in [1.807, 2.05) is 31.3 Å². The molecular weight excluding hydrogens is 264 g/mol. The molecule has 0 spiro atoms. The second-order valence-electron chi connectivity index (χ2n) is 5.94. The molecule has 1 aromatic heterocycles. The van der Waals surface area contributed by atoms with Gasteiger partial charge in [-0.15, -0.1) is 0 Å². The lowest BCUT2D eigenvalue weighted by molar-refractivity contribution is 0.0691. The molecule has 112 valence electrons. The van der Waals surface area contributed by atoms with E-state index in [9.17, 15) is 9.90 Å². The maximum atomic E-state index is 11.3. The number of pyridine rings is 1. The summed E-state index contributed by atoms with van der Waals surface area (Å²) in [6.07, 6.45) is 1.05. The Morgan fingerprint density at radius 3 is 2.57 bits per heavy atom. The second kappa shape index (κ2) is 6.12. The first-order chi connectivity index (χ1) is 9.90. The number of aromatic nitrogens is 1. The minimum absolute atomic E-state index is 0.0901. The van der Waals surface area contributed by atoms with Crippen molar-refractivity contribution in [1.29, 1.82) is 0 Å². The first-order valence-electron chi connectivity index (χ1n) is 7.26. The first-order valence-corrected chi connectivity index (χ1v) is 7.26. The van der Waals surface area contributed by atoms with E-state index in [1.165, 1.54) is 0 Å². The summed E-state index contributed by atoms with van der Waals surface area (Å²) < 4.78 is 0. The molecule has 1 heterocycles. The SMILES string of the molecule is CC(C)CC(C)N(C)c1cc(C(=O)O)nc2ccccc12. The van der Waals surface area contributed by atoms with Gasteiger partial charge in [-0.2, -0.15) is 0 Å². The molecular formula is C17H22N2O2. The monoisotopic (exact) mass is 286 g/mol. The van der Waals surface area contributed by atoms with Crippen molar-refractivity contribution in [3.63, 3.8) is 0 Å². The van der Waals surface area contributed by atoms with Gasteiger partial charge in [-0.3, -0.25) is 0 Å². The van der Waals surface area contributed by atoms with Crippen molar-refractivity contribution in [2.75, 3.05) is 11.9 Å². The second-order valence-corrected chi connectivity index (χ2v) is 5.94.